The normalized spacial score (nSPS) is 24.0. The minimum atomic E-state index is -4.69. The number of hydrogen-bond acceptors (Lipinski definition) is 6. The molecule has 5 heterocycles. The maximum atomic E-state index is 14.1. The van der Waals surface area contributed by atoms with Crippen LogP contribution in [0.25, 0.3) is 10.9 Å². The fourth-order valence-electron chi connectivity index (χ4n) is 12.6. The van der Waals surface area contributed by atoms with Gasteiger partial charge in [-0.15, -0.1) is 0 Å². The van der Waals surface area contributed by atoms with Gasteiger partial charge in [-0.05, 0) is 171 Å². The van der Waals surface area contributed by atoms with Crippen LogP contribution in [0.2, 0.25) is 0 Å². The molecule has 0 spiro atoms. The zero-order valence-corrected chi connectivity index (χ0v) is 51.3. The van der Waals surface area contributed by atoms with E-state index in [0.29, 0.717) is 29.1 Å². The zero-order chi connectivity index (χ0) is 66.2. The van der Waals surface area contributed by atoms with Gasteiger partial charge in [0.25, 0.3) is 42.5 Å². The average molecular weight is 1270 g/mol. The molecular formula is C60H70F17N11. The van der Waals surface area contributed by atoms with Crippen molar-refractivity contribution in [3.8, 4) is 6.07 Å². The minimum absolute atomic E-state index is 0.0252. The van der Waals surface area contributed by atoms with Crippen LogP contribution in [0.15, 0.2) is 18.3 Å². The van der Waals surface area contributed by atoms with Crippen LogP contribution in [0, 0.1) is 42.9 Å². The van der Waals surface area contributed by atoms with Crippen molar-refractivity contribution in [1.29, 1.82) is 5.26 Å². The van der Waals surface area contributed by atoms with Crippen molar-refractivity contribution in [2.75, 3.05) is 0 Å². The molecule has 0 bridgehead atoms. The van der Waals surface area contributed by atoms with Gasteiger partial charge >= 0.3 is 6.18 Å². The predicted octanol–water partition coefficient (Wildman–Crippen LogP) is 18.2. The van der Waals surface area contributed by atoms with Gasteiger partial charge in [-0.1, -0.05) is 0 Å². The van der Waals surface area contributed by atoms with Gasteiger partial charge in [0.15, 0.2) is 11.4 Å². The van der Waals surface area contributed by atoms with Gasteiger partial charge in [-0.2, -0.15) is 79.0 Å². The lowest BCUT2D eigenvalue weighted by Crippen LogP contribution is -2.36. The van der Waals surface area contributed by atoms with Crippen LogP contribution in [-0.2, 0) is 57.9 Å². The molecule has 0 radical (unpaired) electrons. The Labute approximate surface area is 497 Å². The molecule has 6 atom stereocenters. The van der Waals surface area contributed by atoms with E-state index in [0.717, 1.165) is 9.36 Å². The van der Waals surface area contributed by atoms with Gasteiger partial charge in [0.2, 0.25) is 0 Å². The van der Waals surface area contributed by atoms with E-state index in [1.54, 1.807) is 41.5 Å². The first-order valence-corrected chi connectivity index (χ1v) is 28.8. The van der Waals surface area contributed by atoms with Crippen molar-refractivity contribution in [1.82, 2.24) is 48.9 Å². The van der Waals surface area contributed by atoms with Crippen LogP contribution < -0.4 is 0 Å². The second kappa shape index (κ2) is 20.7. The summed E-state index contributed by atoms with van der Waals surface area (Å²) in [4.78, 5) is 0. The fraction of sp³-hybridized carbons (Fsp3) is 0.667. The Morgan fingerprint density at radius 2 is 0.909 bits per heavy atom. The summed E-state index contributed by atoms with van der Waals surface area (Å²) in [5.74, 6) is -20.0. The lowest BCUT2D eigenvalue weighted by atomic mass is 9.88. The summed E-state index contributed by atoms with van der Waals surface area (Å²) in [7, 11) is 0. The maximum Gasteiger partial charge on any atom is 0.435 e. The topological polar surface area (TPSA) is 113 Å². The largest absolute Gasteiger partial charge is 0.435 e. The summed E-state index contributed by atoms with van der Waals surface area (Å²) < 4.78 is 237. The first-order valence-electron chi connectivity index (χ1n) is 28.8. The Hall–Kier alpha value is -6.17. The summed E-state index contributed by atoms with van der Waals surface area (Å²) in [6.07, 6.45) is -10.2. The first kappa shape index (κ1) is 66.3. The molecule has 0 aliphatic heterocycles. The molecule has 11 nitrogen and oxygen atoms in total. The van der Waals surface area contributed by atoms with Crippen LogP contribution in [0.3, 0.4) is 0 Å². The molecule has 13 rings (SSSR count). The molecule has 484 valence electrons. The SMILES string of the molecule is CC(C)(C)n1nc(C#N)c2c1C(F)(F)C1C[C@H]21.CC(C)(C)n1nc(C(F)(F)F)c2c1C(F)(F)C1C[C@H]21.CC(C)(C)n1nc(C(F)F)c2c1C(F)(F)C1C[C@H]21.CC(C)(C)n1nc(C(F)F)c2c1C(F)(F)CCC2(F)F.Cc1cc2cnn(C(C)C)c2cc1C. The third-order valence-corrected chi connectivity index (χ3v) is 17.0. The number of halogens is 17. The van der Waals surface area contributed by atoms with Crippen LogP contribution in [0.1, 0.15) is 245 Å². The number of nitriles is 1. The number of benzene rings is 1. The highest BCUT2D eigenvalue weighted by Gasteiger charge is 2.70. The quantitative estimate of drug-likeness (QED) is 0.163. The molecule has 3 unspecified atom stereocenters. The number of hydrogen-bond donors (Lipinski definition) is 0. The molecule has 88 heavy (non-hydrogen) atoms. The summed E-state index contributed by atoms with van der Waals surface area (Å²) in [5, 5.41) is 29.3. The van der Waals surface area contributed by atoms with Gasteiger partial charge in [-0.25, -0.2) is 26.3 Å². The smallest absolute Gasteiger partial charge is 0.262 e. The summed E-state index contributed by atoms with van der Waals surface area (Å²) >= 11 is 0. The summed E-state index contributed by atoms with van der Waals surface area (Å²) in [6, 6.07) is 6.80. The third-order valence-electron chi connectivity index (χ3n) is 17.0. The molecule has 3 fully saturated rings. The molecule has 3 saturated carbocycles. The van der Waals surface area contributed by atoms with E-state index in [2.05, 4.69) is 70.0 Å². The summed E-state index contributed by atoms with van der Waals surface area (Å²) in [6.45, 7) is 28.2. The van der Waals surface area contributed by atoms with Crippen molar-refractivity contribution in [2.24, 2.45) is 17.8 Å². The second-order valence-corrected chi connectivity index (χ2v) is 28.3. The average Bonchev–Trinajstić information content (AvgIpc) is 1.53. The van der Waals surface area contributed by atoms with Crippen molar-refractivity contribution >= 4 is 10.9 Å². The van der Waals surface area contributed by atoms with Crippen molar-refractivity contribution in [2.45, 2.75) is 237 Å². The molecule has 1 aromatic carbocycles. The van der Waals surface area contributed by atoms with E-state index in [-0.39, 0.29) is 40.5 Å². The van der Waals surface area contributed by atoms with E-state index >= 15 is 0 Å². The number of fused-ring (bicyclic) bond motifs is 11. The Morgan fingerprint density at radius 3 is 1.35 bits per heavy atom. The van der Waals surface area contributed by atoms with E-state index in [4.69, 9.17) is 5.26 Å². The van der Waals surface area contributed by atoms with Crippen LogP contribution >= 0.6 is 0 Å². The molecular weight excluding hydrogens is 1200 g/mol. The van der Waals surface area contributed by atoms with Crippen LogP contribution in [0.5, 0.6) is 0 Å². The van der Waals surface area contributed by atoms with E-state index in [1.165, 1.54) is 47.5 Å². The number of aryl methyl sites for hydroxylation is 2. The molecule has 5 aromatic heterocycles. The van der Waals surface area contributed by atoms with E-state index in [1.807, 2.05) is 33.0 Å². The zero-order valence-electron chi connectivity index (χ0n) is 51.3. The maximum absolute atomic E-state index is 14.1. The number of rotatable bonds is 3. The highest BCUT2D eigenvalue weighted by molar-refractivity contribution is 5.80. The standard InChI is InChI=1S/C12H14F6N2.C12H13F5N2.C12H14F4N2.C12H13F2N3.C12H16N2/c1-10(2,3)20-8-6(7(19-20)9(13)14)11(15,16)4-5-12(8,17)18;1-10(2,3)19-9-7(8(18-19)12(15,16)17)5-4-6(5)11(9,13)14;1-11(2,3)18-9-7(8(17-18)10(13)14)5-4-6(5)12(9,15)16;1-11(2,3)17-10-9(8(5-15)16-17)6-4-7(6)12(10,13)14;1-8(2)14-12-6-10(4)9(3)5-11(12)7-13-14/h9H,4-5H2,1-3H3;5-6H,4H2,1-3H3;5-6,10H,4H2,1-3H3;6-7H,4H2,1-3H3;5-8H,1-4H3/t;2*5-,6?;6-,7?;/m.000./s1. The lowest BCUT2D eigenvalue weighted by molar-refractivity contribution is -0.142. The lowest BCUT2D eigenvalue weighted by Gasteiger charge is -2.32. The second-order valence-electron chi connectivity index (χ2n) is 28.3. The molecule has 7 aliphatic rings. The molecule has 28 heteroatoms. The molecule has 6 aromatic rings. The Balaban J connectivity index is 0.000000131. The molecule has 0 N–H and O–H groups in total. The highest BCUT2D eigenvalue weighted by atomic mass is 19.4. The Bertz CT molecular complexity index is 3720. The van der Waals surface area contributed by atoms with E-state index in [9.17, 15) is 74.6 Å². The van der Waals surface area contributed by atoms with Gasteiger partial charge in [-0.3, -0.25) is 23.4 Å². The Morgan fingerprint density at radius 1 is 0.523 bits per heavy atom. The monoisotopic (exact) mass is 1270 g/mol. The molecule has 0 amide bonds. The molecule has 7 aliphatic carbocycles. The highest BCUT2D eigenvalue weighted by Crippen LogP contribution is 2.71. The number of alkyl halides is 17. The minimum Gasteiger partial charge on any atom is -0.262 e. The summed E-state index contributed by atoms with van der Waals surface area (Å²) in [5.41, 5.74) is -4.93. The Kier molecular flexibility index (Phi) is 15.6. The van der Waals surface area contributed by atoms with Crippen molar-refractivity contribution in [3.05, 3.63) is 97.3 Å². The van der Waals surface area contributed by atoms with Crippen LogP contribution in [-0.4, -0.2) is 48.9 Å². The third kappa shape index (κ3) is 11.1. The van der Waals surface area contributed by atoms with Crippen molar-refractivity contribution in [3.63, 3.8) is 0 Å². The fourth-order valence-corrected chi connectivity index (χ4v) is 12.6. The predicted molar refractivity (Wildman–Crippen MR) is 289 cm³/mol. The molecule has 0 saturated heterocycles. The van der Waals surface area contributed by atoms with Gasteiger partial charge < -0.3 is 0 Å². The van der Waals surface area contributed by atoms with Gasteiger partial charge in [0.05, 0.1) is 39.4 Å². The van der Waals surface area contributed by atoms with Crippen molar-refractivity contribution < 1.29 is 74.6 Å². The van der Waals surface area contributed by atoms with Gasteiger partial charge in [0, 0.05) is 58.7 Å². The van der Waals surface area contributed by atoms with Crippen LogP contribution in [0.4, 0.5) is 74.6 Å². The number of aromatic nitrogens is 10. The van der Waals surface area contributed by atoms with E-state index < -0.39 is 147 Å². The first-order chi connectivity index (χ1) is 39.9. The van der Waals surface area contributed by atoms with Gasteiger partial charge in [0.1, 0.15) is 40.2 Å². The number of nitrogens with zero attached hydrogens (tertiary/aromatic N) is 11.